The van der Waals surface area contributed by atoms with Crippen LogP contribution in [-0.4, -0.2) is 24.9 Å². The molecule has 5 heteroatoms. The molecule has 1 atom stereocenters. The average Bonchev–Trinajstić information content (AvgIpc) is 3.02. The first-order chi connectivity index (χ1) is 14.9. The molecule has 0 unspecified atom stereocenters. The number of hydrogen-bond acceptors (Lipinski definition) is 4. The minimum Gasteiger partial charge on any atom is -0.466 e. The molecular weight excluding hydrogens is 390 g/mol. The van der Waals surface area contributed by atoms with E-state index in [0.29, 0.717) is 11.3 Å². The van der Waals surface area contributed by atoms with Crippen LogP contribution < -0.4 is 4.90 Å². The third-order valence-electron chi connectivity index (χ3n) is 5.57. The van der Waals surface area contributed by atoms with Gasteiger partial charge in [-0.3, -0.25) is 9.59 Å². The van der Waals surface area contributed by atoms with Crippen LogP contribution >= 0.6 is 0 Å². The van der Waals surface area contributed by atoms with Gasteiger partial charge in [-0.25, -0.2) is 9.69 Å². The lowest BCUT2D eigenvalue weighted by Crippen LogP contribution is -2.32. The highest BCUT2D eigenvalue weighted by Gasteiger charge is 2.42. The maximum Gasteiger partial charge on any atom is 0.334 e. The van der Waals surface area contributed by atoms with Crippen molar-refractivity contribution in [1.82, 2.24) is 0 Å². The van der Waals surface area contributed by atoms with Gasteiger partial charge in [0, 0.05) is 22.6 Å². The van der Waals surface area contributed by atoms with Crippen molar-refractivity contribution >= 4 is 34.2 Å². The molecule has 0 aliphatic carbocycles. The molecule has 0 saturated carbocycles. The van der Waals surface area contributed by atoms with E-state index in [9.17, 15) is 14.4 Å². The van der Waals surface area contributed by atoms with E-state index in [4.69, 9.17) is 4.74 Å². The van der Waals surface area contributed by atoms with Crippen LogP contribution in [0.25, 0.3) is 10.8 Å². The molecule has 0 spiro atoms. The van der Waals surface area contributed by atoms with Gasteiger partial charge in [-0.15, -0.1) is 0 Å². The summed E-state index contributed by atoms with van der Waals surface area (Å²) in [6.07, 6.45) is 0. The largest absolute Gasteiger partial charge is 0.466 e. The Labute approximate surface area is 180 Å². The second kappa shape index (κ2) is 8.03. The van der Waals surface area contributed by atoms with Crippen LogP contribution in [0.3, 0.4) is 0 Å². The normalized spacial score (nSPS) is 14.8. The quantitative estimate of drug-likeness (QED) is 0.351. The summed E-state index contributed by atoms with van der Waals surface area (Å²) in [4.78, 5) is 40.2. The summed E-state index contributed by atoms with van der Waals surface area (Å²) in [6.45, 7) is 5.50. The van der Waals surface area contributed by atoms with Crippen molar-refractivity contribution in [1.29, 1.82) is 0 Å². The third-order valence-corrected chi connectivity index (χ3v) is 5.57. The van der Waals surface area contributed by atoms with Crippen LogP contribution in [0.5, 0.6) is 0 Å². The molecule has 1 aliphatic rings. The number of carbonyl (C=O) groups is 3. The maximum atomic E-state index is 13.5. The summed E-state index contributed by atoms with van der Waals surface area (Å²) < 4.78 is 4.86. The predicted molar refractivity (Wildman–Crippen MR) is 119 cm³/mol. The van der Waals surface area contributed by atoms with E-state index in [1.54, 1.807) is 25.1 Å². The molecule has 1 aliphatic heterocycles. The Morgan fingerprint density at radius 1 is 0.903 bits per heavy atom. The van der Waals surface area contributed by atoms with E-state index in [1.165, 1.54) is 7.11 Å². The zero-order valence-corrected chi connectivity index (χ0v) is 17.3. The Kier molecular flexibility index (Phi) is 5.26. The second-order valence-electron chi connectivity index (χ2n) is 7.38. The first kappa shape index (κ1) is 20.3. The lowest BCUT2D eigenvalue weighted by molar-refractivity contribution is -0.136. The number of benzene rings is 3. The third kappa shape index (κ3) is 3.44. The van der Waals surface area contributed by atoms with Crippen LogP contribution in [0.2, 0.25) is 0 Å². The van der Waals surface area contributed by atoms with E-state index in [1.807, 2.05) is 54.6 Å². The Balaban J connectivity index is 1.81. The maximum absolute atomic E-state index is 13.5. The zero-order valence-electron chi connectivity index (χ0n) is 17.3. The molecule has 3 aromatic rings. The van der Waals surface area contributed by atoms with E-state index in [-0.39, 0.29) is 16.7 Å². The van der Waals surface area contributed by atoms with Gasteiger partial charge in [0.1, 0.15) is 0 Å². The molecule has 5 nitrogen and oxygen atoms in total. The Morgan fingerprint density at radius 3 is 2.23 bits per heavy atom. The smallest absolute Gasteiger partial charge is 0.334 e. The van der Waals surface area contributed by atoms with Gasteiger partial charge in [0.05, 0.1) is 12.8 Å². The summed E-state index contributed by atoms with van der Waals surface area (Å²) >= 11 is 0. The molecular formula is C26H21NO4. The van der Waals surface area contributed by atoms with E-state index in [0.717, 1.165) is 15.7 Å². The second-order valence-corrected chi connectivity index (χ2v) is 7.38. The van der Waals surface area contributed by atoms with Crippen LogP contribution in [0.15, 0.2) is 96.1 Å². The van der Waals surface area contributed by atoms with Crippen molar-refractivity contribution in [3.05, 3.63) is 102 Å². The van der Waals surface area contributed by atoms with Gasteiger partial charge in [-0.1, -0.05) is 67.2 Å². The number of ether oxygens (including phenoxy) is 1. The molecule has 4 rings (SSSR count). The summed E-state index contributed by atoms with van der Waals surface area (Å²) in [5, 5.41) is 1.93. The lowest BCUT2D eigenvalue weighted by atomic mass is 9.83. The van der Waals surface area contributed by atoms with Gasteiger partial charge in [-0.2, -0.15) is 0 Å². The van der Waals surface area contributed by atoms with Gasteiger partial charge in [0.2, 0.25) is 0 Å². The summed E-state index contributed by atoms with van der Waals surface area (Å²) in [7, 11) is 1.26. The van der Waals surface area contributed by atoms with E-state index in [2.05, 4.69) is 6.58 Å². The van der Waals surface area contributed by atoms with Crippen molar-refractivity contribution < 1.29 is 19.1 Å². The standard InChI is InChI=1S/C26H21NO4/c1-16-23(22(17(2)26(30)31-3)19-10-5-4-6-11-19)25(29)27(24(16)28)21-14-13-18-9-7-8-12-20(18)15-21/h4-15,22H,2H2,1,3H3/t22-/m0/s1. The van der Waals surface area contributed by atoms with Crippen molar-refractivity contribution in [3.63, 3.8) is 0 Å². The first-order valence-corrected chi connectivity index (χ1v) is 9.84. The number of imide groups is 1. The summed E-state index contributed by atoms with van der Waals surface area (Å²) in [6, 6.07) is 22.2. The summed E-state index contributed by atoms with van der Waals surface area (Å²) in [5.74, 6) is -2.28. The van der Waals surface area contributed by atoms with E-state index >= 15 is 0 Å². The number of fused-ring (bicyclic) bond motifs is 1. The fourth-order valence-corrected chi connectivity index (χ4v) is 3.98. The van der Waals surface area contributed by atoms with Gasteiger partial charge >= 0.3 is 5.97 Å². The zero-order chi connectivity index (χ0) is 22.1. The van der Waals surface area contributed by atoms with Crippen LogP contribution in [-0.2, 0) is 19.1 Å². The van der Waals surface area contributed by atoms with Gasteiger partial charge in [0.25, 0.3) is 11.8 Å². The van der Waals surface area contributed by atoms with Crippen LogP contribution in [0.4, 0.5) is 5.69 Å². The first-order valence-electron chi connectivity index (χ1n) is 9.84. The van der Waals surface area contributed by atoms with Crippen molar-refractivity contribution in [2.45, 2.75) is 12.8 Å². The number of carbonyl (C=O) groups excluding carboxylic acids is 3. The predicted octanol–water partition coefficient (Wildman–Crippen LogP) is 4.54. The molecule has 0 saturated heterocycles. The highest BCUT2D eigenvalue weighted by Crippen LogP contribution is 2.40. The SMILES string of the molecule is C=C(C(=O)OC)[C@H](C1=C(C)C(=O)N(c2ccc3ccccc3c2)C1=O)c1ccccc1. The molecule has 1 heterocycles. The fraction of sp³-hybridized carbons (Fsp3) is 0.115. The minimum atomic E-state index is -0.782. The topological polar surface area (TPSA) is 63.7 Å². The minimum absolute atomic E-state index is 0.101. The fourth-order valence-electron chi connectivity index (χ4n) is 3.98. The number of esters is 1. The molecule has 154 valence electrons. The van der Waals surface area contributed by atoms with Crippen molar-refractivity contribution in [2.24, 2.45) is 0 Å². The Morgan fingerprint density at radius 2 is 1.55 bits per heavy atom. The Bertz CT molecular complexity index is 1260. The van der Waals surface area contributed by atoms with Crippen LogP contribution in [0.1, 0.15) is 18.4 Å². The molecule has 0 radical (unpaired) electrons. The molecule has 0 bridgehead atoms. The number of methoxy groups -OCH3 is 1. The monoisotopic (exact) mass is 411 g/mol. The molecule has 31 heavy (non-hydrogen) atoms. The van der Waals surface area contributed by atoms with Crippen molar-refractivity contribution in [3.8, 4) is 0 Å². The summed E-state index contributed by atoms with van der Waals surface area (Å²) in [5.41, 5.74) is 1.80. The number of nitrogens with zero attached hydrogens (tertiary/aromatic N) is 1. The van der Waals surface area contributed by atoms with Gasteiger partial charge in [-0.05, 0) is 35.4 Å². The van der Waals surface area contributed by atoms with E-state index < -0.39 is 23.7 Å². The van der Waals surface area contributed by atoms with Gasteiger partial charge < -0.3 is 4.74 Å². The molecule has 0 fully saturated rings. The number of amides is 2. The molecule has 0 N–H and O–H groups in total. The number of anilines is 1. The highest BCUT2D eigenvalue weighted by molar-refractivity contribution is 6.33. The Hall–Kier alpha value is -3.99. The van der Waals surface area contributed by atoms with Gasteiger partial charge in [0.15, 0.2) is 0 Å². The van der Waals surface area contributed by atoms with Crippen molar-refractivity contribution in [2.75, 3.05) is 12.0 Å². The number of rotatable bonds is 5. The molecule has 3 aromatic carbocycles. The lowest BCUT2D eigenvalue weighted by Gasteiger charge is -2.21. The van der Waals surface area contributed by atoms with Crippen LogP contribution in [0, 0.1) is 0 Å². The highest BCUT2D eigenvalue weighted by atomic mass is 16.5. The number of hydrogen-bond donors (Lipinski definition) is 0. The molecule has 2 amide bonds. The molecule has 0 aromatic heterocycles. The average molecular weight is 411 g/mol.